The molecule has 0 spiro atoms. The highest BCUT2D eigenvalue weighted by atomic mass is 32.1. The minimum absolute atomic E-state index is 0.127. The number of ether oxygens (including phenoxy) is 1. The van der Waals surface area contributed by atoms with Gasteiger partial charge in [0.05, 0.1) is 5.69 Å². The quantitative estimate of drug-likeness (QED) is 0.291. The number of nitrogens with zero attached hydrogens (tertiary/aromatic N) is 1. The average molecular weight is 477 g/mol. The fraction of sp³-hybridized carbons (Fsp3) is 0.462. The number of thiophene rings is 1. The summed E-state index contributed by atoms with van der Waals surface area (Å²) < 4.78 is 34.5. The molecule has 0 aliphatic carbocycles. The summed E-state index contributed by atoms with van der Waals surface area (Å²) in [7, 11) is 0. The number of unbranched alkanes of at least 4 members (excludes halogenated alkanes) is 2. The highest BCUT2D eigenvalue weighted by Gasteiger charge is 2.28. The number of nitrogen functional groups attached to an aromatic ring is 1. The largest absolute Gasteiger partial charge is 0.456 e. The Morgan fingerprint density at radius 1 is 1.18 bits per heavy atom. The molecule has 33 heavy (non-hydrogen) atoms. The maximum atomic E-state index is 14.9. The molecule has 3 aromatic rings. The van der Waals surface area contributed by atoms with Crippen molar-refractivity contribution in [1.82, 2.24) is 4.98 Å². The molecule has 0 bridgehead atoms. The van der Waals surface area contributed by atoms with E-state index in [-0.39, 0.29) is 16.1 Å². The maximum absolute atomic E-state index is 14.9. The summed E-state index contributed by atoms with van der Waals surface area (Å²) in [5.41, 5.74) is 8.10. The lowest BCUT2D eigenvalue weighted by atomic mass is 9.92. The van der Waals surface area contributed by atoms with Crippen LogP contribution in [0.4, 0.5) is 14.5 Å². The molecular formula is C26H34F2N2O2S. The van der Waals surface area contributed by atoms with E-state index in [0.29, 0.717) is 22.2 Å². The zero-order valence-electron chi connectivity index (χ0n) is 20.6. The Kier molecular flexibility index (Phi) is 8.95. The fourth-order valence-corrected chi connectivity index (χ4v) is 4.66. The van der Waals surface area contributed by atoms with Gasteiger partial charge >= 0.3 is 5.97 Å². The Bertz CT molecular complexity index is 1130. The molecule has 2 N–H and O–H groups in total. The maximum Gasteiger partial charge on any atom is 0.351 e. The smallest absolute Gasteiger partial charge is 0.351 e. The number of carbonyl (C=O) groups is 1. The highest BCUT2D eigenvalue weighted by molar-refractivity contribution is 7.21. The zero-order chi connectivity index (χ0) is 24.9. The number of aromatic nitrogens is 1. The second-order valence-corrected chi connectivity index (χ2v) is 9.64. The first-order valence-electron chi connectivity index (χ1n) is 11.4. The molecule has 0 atom stereocenters. The SMILES string of the molecule is CC.CCCCCc1c(C)nc2sc(C(=O)OC(C)(C)C)c(N)c2c1-c1cccc(F)c1F. The van der Waals surface area contributed by atoms with E-state index in [1.807, 2.05) is 20.8 Å². The Morgan fingerprint density at radius 3 is 2.45 bits per heavy atom. The predicted octanol–water partition coefficient (Wildman–Crippen LogP) is 7.85. The molecule has 2 aromatic heterocycles. The van der Waals surface area contributed by atoms with E-state index in [9.17, 15) is 13.6 Å². The van der Waals surface area contributed by atoms with Crippen molar-refractivity contribution >= 4 is 33.2 Å². The molecule has 0 aliphatic heterocycles. The third kappa shape index (κ3) is 5.88. The number of benzene rings is 1. The third-order valence-corrected chi connectivity index (χ3v) is 6.10. The van der Waals surface area contributed by atoms with Gasteiger partial charge < -0.3 is 10.5 Å². The van der Waals surface area contributed by atoms with Gasteiger partial charge in [0.15, 0.2) is 11.6 Å². The number of carbonyl (C=O) groups excluding carboxylic acids is 1. The van der Waals surface area contributed by atoms with Gasteiger partial charge in [0.2, 0.25) is 0 Å². The molecule has 7 heteroatoms. The number of pyridine rings is 1. The Balaban J connectivity index is 0.00000187. The minimum Gasteiger partial charge on any atom is -0.456 e. The lowest BCUT2D eigenvalue weighted by molar-refractivity contribution is 0.00764. The topological polar surface area (TPSA) is 65.2 Å². The molecule has 0 saturated heterocycles. The molecule has 0 unspecified atom stereocenters. The number of nitrogens with two attached hydrogens (primary N) is 1. The van der Waals surface area contributed by atoms with Crippen LogP contribution in [0.5, 0.6) is 0 Å². The van der Waals surface area contributed by atoms with Gasteiger partial charge in [0.1, 0.15) is 15.3 Å². The van der Waals surface area contributed by atoms with Crippen LogP contribution in [0.15, 0.2) is 18.2 Å². The van der Waals surface area contributed by atoms with Gasteiger partial charge in [-0.25, -0.2) is 18.6 Å². The Morgan fingerprint density at radius 2 is 1.85 bits per heavy atom. The Hall–Kier alpha value is -2.54. The van der Waals surface area contributed by atoms with Crippen LogP contribution in [-0.4, -0.2) is 16.6 Å². The van der Waals surface area contributed by atoms with E-state index >= 15 is 0 Å². The predicted molar refractivity (Wildman–Crippen MR) is 134 cm³/mol. The highest BCUT2D eigenvalue weighted by Crippen LogP contribution is 2.44. The van der Waals surface area contributed by atoms with Gasteiger partial charge in [-0.2, -0.15) is 0 Å². The molecule has 0 aliphatic rings. The van der Waals surface area contributed by atoms with E-state index in [1.165, 1.54) is 6.07 Å². The number of rotatable bonds is 6. The summed E-state index contributed by atoms with van der Waals surface area (Å²) in [6.07, 6.45) is 3.58. The first-order valence-corrected chi connectivity index (χ1v) is 12.3. The zero-order valence-corrected chi connectivity index (χ0v) is 21.4. The van der Waals surface area contributed by atoms with Crippen molar-refractivity contribution in [2.45, 2.75) is 79.8 Å². The van der Waals surface area contributed by atoms with E-state index < -0.39 is 23.2 Å². The van der Waals surface area contributed by atoms with Crippen molar-refractivity contribution in [3.8, 4) is 11.1 Å². The molecule has 4 nitrogen and oxygen atoms in total. The normalized spacial score (nSPS) is 11.3. The minimum atomic E-state index is -0.935. The molecule has 0 saturated carbocycles. The monoisotopic (exact) mass is 476 g/mol. The van der Waals surface area contributed by atoms with Gasteiger partial charge in [-0.15, -0.1) is 11.3 Å². The van der Waals surface area contributed by atoms with Crippen LogP contribution in [0.2, 0.25) is 0 Å². The summed E-state index contributed by atoms with van der Waals surface area (Å²) in [6, 6.07) is 4.10. The molecular weight excluding hydrogens is 442 g/mol. The molecule has 3 rings (SSSR count). The van der Waals surface area contributed by atoms with Crippen LogP contribution in [0, 0.1) is 18.6 Å². The molecule has 0 radical (unpaired) electrons. The molecule has 0 fully saturated rings. The Labute approximate surface area is 199 Å². The van der Waals surface area contributed by atoms with Crippen molar-refractivity contribution in [1.29, 1.82) is 0 Å². The first-order chi connectivity index (χ1) is 15.5. The summed E-state index contributed by atoms with van der Waals surface area (Å²) in [5, 5.41) is 0.479. The number of fused-ring (bicyclic) bond motifs is 1. The van der Waals surface area contributed by atoms with E-state index in [0.717, 1.165) is 47.9 Å². The van der Waals surface area contributed by atoms with E-state index in [1.54, 1.807) is 26.8 Å². The first kappa shape index (κ1) is 26.7. The van der Waals surface area contributed by atoms with Crippen LogP contribution in [0.3, 0.4) is 0 Å². The molecule has 180 valence electrons. The number of halogens is 2. The van der Waals surface area contributed by atoms with Crippen LogP contribution in [0.25, 0.3) is 21.3 Å². The molecule has 0 amide bonds. The van der Waals surface area contributed by atoms with Crippen molar-refractivity contribution in [3.05, 3.63) is 46.0 Å². The summed E-state index contributed by atoms with van der Waals surface area (Å²) >= 11 is 1.12. The summed E-state index contributed by atoms with van der Waals surface area (Å²) in [6.45, 7) is 13.3. The number of hydrogen-bond acceptors (Lipinski definition) is 5. The van der Waals surface area contributed by atoms with Crippen molar-refractivity contribution < 1.29 is 18.3 Å². The van der Waals surface area contributed by atoms with Gasteiger partial charge in [0, 0.05) is 22.2 Å². The second kappa shape index (κ2) is 11.1. The van der Waals surface area contributed by atoms with Gasteiger partial charge in [-0.05, 0) is 52.2 Å². The third-order valence-electron chi connectivity index (χ3n) is 5.02. The van der Waals surface area contributed by atoms with Crippen LogP contribution < -0.4 is 5.73 Å². The van der Waals surface area contributed by atoms with Gasteiger partial charge in [-0.3, -0.25) is 0 Å². The number of esters is 1. The fourth-order valence-electron chi connectivity index (χ4n) is 3.63. The number of hydrogen-bond donors (Lipinski definition) is 1. The molecule has 1 aromatic carbocycles. The van der Waals surface area contributed by atoms with Crippen LogP contribution in [0.1, 0.15) is 81.7 Å². The summed E-state index contributed by atoms with van der Waals surface area (Å²) in [5.74, 6) is -2.42. The standard InChI is InChI=1S/C24H28F2N2O2S.C2H6/c1-6-7-8-10-14-13(2)28-22-18(17(14)15-11-9-12-16(25)19(15)26)20(27)21(31-22)23(29)30-24(3,4)5;1-2/h9,11-12H,6-8,10,27H2,1-5H3;1-2H3. The van der Waals surface area contributed by atoms with Crippen molar-refractivity contribution in [2.75, 3.05) is 5.73 Å². The van der Waals surface area contributed by atoms with Crippen molar-refractivity contribution in [3.63, 3.8) is 0 Å². The summed E-state index contributed by atoms with van der Waals surface area (Å²) in [4.78, 5) is 18.1. The number of anilines is 1. The lowest BCUT2D eigenvalue weighted by Crippen LogP contribution is -2.23. The van der Waals surface area contributed by atoms with E-state index in [2.05, 4.69) is 11.9 Å². The number of aryl methyl sites for hydroxylation is 1. The average Bonchev–Trinajstić information content (AvgIpc) is 3.07. The second-order valence-electron chi connectivity index (χ2n) is 8.64. The van der Waals surface area contributed by atoms with Crippen LogP contribution >= 0.6 is 11.3 Å². The van der Waals surface area contributed by atoms with Crippen molar-refractivity contribution in [2.24, 2.45) is 0 Å². The van der Waals surface area contributed by atoms with Gasteiger partial charge in [-0.1, -0.05) is 45.7 Å². The molecule has 2 heterocycles. The lowest BCUT2D eigenvalue weighted by Gasteiger charge is -2.19. The van der Waals surface area contributed by atoms with Gasteiger partial charge in [0.25, 0.3) is 0 Å². The van der Waals surface area contributed by atoms with E-state index in [4.69, 9.17) is 10.5 Å². The van der Waals surface area contributed by atoms with Crippen LogP contribution in [-0.2, 0) is 11.2 Å².